The summed E-state index contributed by atoms with van der Waals surface area (Å²) in [4.78, 5) is 22.1. The van der Waals surface area contributed by atoms with Crippen LogP contribution in [0, 0.1) is 35.5 Å². The number of hydrogen-bond donors (Lipinski definition) is 2. The first-order chi connectivity index (χ1) is 9.47. The molecule has 2 amide bonds. The van der Waals surface area contributed by atoms with Gasteiger partial charge in [-0.3, -0.25) is 9.59 Å². The van der Waals surface area contributed by atoms with Crippen LogP contribution in [-0.4, -0.2) is 18.9 Å². The third-order valence-electron chi connectivity index (χ3n) is 3.75. The van der Waals surface area contributed by atoms with Crippen molar-refractivity contribution in [2.24, 2.45) is 41.2 Å². The topological polar surface area (TPSA) is 72.2 Å². The van der Waals surface area contributed by atoms with Crippen molar-refractivity contribution in [2.45, 2.75) is 62.8 Å². The SMILES string of the molecule is C.CC(C)C(C(N)=O)C(C)C.CNC(=O)C(C(C)C)C(C)C. The Morgan fingerprint density at radius 1 is 0.727 bits per heavy atom. The van der Waals surface area contributed by atoms with Crippen molar-refractivity contribution in [2.75, 3.05) is 7.05 Å². The van der Waals surface area contributed by atoms with Crippen molar-refractivity contribution in [3.05, 3.63) is 0 Å². The third kappa shape index (κ3) is 9.80. The molecule has 0 radical (unpaired) electrons. The first-order valence-corrected chi connectivity index (χ1v) is 7.98. The molecule has 0 saturated heterocycles. The molecule has 0 heterocycles. The van der Waals surface area contributed by atoms with E-state index in [2.05, 4.69) is 33.0 Å². The molecule has 0 fully saturated rings. The molecule has 0 saturated carbocycles. The molecule has 0 aliphatic rings. The van der Waals surface area contributed by atoms with Crippen LogP contribution in [0.1, 0.15) is 62.8 Å². The van der Waals surface area contributed by atoms with Crippen LogP contribution < -0.4 is 11.1 Å². The number of amides is 2. The first kappa shape index (κ1) is 25.9. The van der Waals surface area contributed by atoms with Crippen molar-refractivity contribution in [1.29, 1.82) is 0 Å². The van der Waals surface area contributed by atoms with E-state index >= 15 is 0 Å². The maximum atomic E-state index is 11.3. The number of hydrogen-bond acceptors (Lipinski definition) is 2. The molecular weight excluding hydrogens is 276 g/mol. The van der Waals surface area contributed by atoms with Gasteiger partial charge in [0, 0.05) is 18.9 Å². The number of rotatable bonds is 6. The number of carbonyl (C=O) groups excluding carboxylic acids is 2. The summed E-state index contributed by atoms with van der Waals surface area (Å²) in [7, 11) is 1.69. The molecule has 0 rings (SSSR count). The lowest BCUT2D eigenvalue weighted by Crippen LogP contribution is -2.34. The minimum Gasteiger partial charge on any atom is -0.369 e. The van der Waals surface area contributed by atoms with E-state index in [1.165, 1.54) is 0 Å². The maximum absolute atomic E-state index is 11.3. The Bertz CT molecular complexity index is 294. The van der Waals surface area contributed by atoms with E-state index in [1.807, 2.05) is 27.7 Å². The average Bonchev–Trinajstić information content (AvgIpc) is 2.26. The second kappa shape index (κ2) is 12.5. The Balaban J connectivity index is -0.000000315. The monoisotopic (exact) mass is 316 g/mol. The van der Waals surface area contributed by atoms with Gasteiger partial charge in [0.05, 0.1) is 0 Å². The first-order valence-electron chi connectivity index (χ1n) is 7.98. The standard InChI is InChI=1S/C9H19NO.C8H17NO.CH4/c1-6(2)8(7(3)4)9(11)10-5;1-5(2)7(6(3)4)8(9)10;/h6-8H,1-5H3,(H,10,11);5-7H,1-4H3,(H2,9,10);1H4. The van der Waals surface area contributed by atoms with Gasteiger partial charge in [0.1, 0.15) is 0 Å². The van der Waals surface area contributed by atoms with E-state index in [0.717, 1.165) is 0 Å². The summed E-state index contributed by atoms with van der Waals surface area (Å²) in [6.45, 7) is 16.4. The van der Waals surface area contributed by atoms with Crippen molar-refractivity contribution in [3.8, 4) is 0 Å². The second-order valence-electron chi connectivity index (χ2n) is 7.04. The van der Waals surface area contributed by atoms with Crippen LogP contribution in [0.2, 0.25) is 0 Å². The number of nitrogens with one attached hydrogen (secondary N) is 1. The molecule has 0 spiro atoms. The van der Waals surface area contributed by atoms with Gasteiger partial charge >= 0.3 is 0 Å². The molecule has 134 valence electrons. The van der Waals surface area contributed by atoms with Gasteiger partial charge in [0.25, 0.3) is 0 Å². The summed E-state index contributed by atoms with van der Waals surface area (Å²) in [6, 6.07) is 0. The van der Waals surface area contributed by atoms with E-state index < -0.39 is 0 Å². The summed E-state index contributed by atoms with van der Waals surface area (Å²) >= 11 is 0. The summed E-state index contributed by atoms with van der Waals surface area (Å²) in [6.07, 6.45) is 0. The summed E-state index contributed by atoms with van der Waals surface area (Å²) in [5.41, 5.74) is 5.20. The fraction of sp³-hybridized carbons (Fsp3) is 0.889. The normalized spacial score (nSPS) is 10.9. The van der Waals surface area contributed by atoms with Crippen molar-refractivity contribution in [1.82, 2.24) is 5.32 Å². The van der Waals surface area contributed by atoms with Gasteiger partial charge in [0.15, 0.2) is 0 Å². The van der Waals surface area contributed by atoms with Gasteiger partial charge < -0.3 is 11.1 Å². The van der Waals surface area contributed by atoms with E-state index in [9.17, 15) is 9.59 Å². The lowest BCUT2D eigenvalue weighted by atomic mass is 9.85. The molecule has 0 aromatic carbocycles. The molecule has 3 N–H and O–H groups in total. The van der Waals surface area contributed by atoms with Crippen LogP contribution in [-0.2, 0) is 9.59 Å². The molecule has 4 heteroatoms. The van der Waals surface area contributed by atoms with Crippen LogP contribution in [0.15, 0.2) is 0 Å². The van der Waals surface area contributed by atoms with E-state index in [1.54, 1.807) is 7.05 Å². The van der Waals surface area contributed by atoms with Gasteiger partial charge in [-0.15, -0.1) is 0 Å². The highest BCUT2D eigenvalue weighted by Gasteiger charge is 2.24. The minimum absolute atomic E-state index is 0. The van der Waals surface area contributed by atoms with Gasteiger partial charge in [-0.05, 0) is 23.7 Å². The molecule has 0 aromatic heterocycles. The Kier molecular flexibility index (Phi) is 14.7. The fourth-order valence-corrected chi connectivity index (χ4v) is 2.97. The molecule has 0 unspecified atom stereocenters. The minimum atomic E-state index is -0.176. The Morgan fingerprint density at radius 2 is 1.00 bits per heavy atom. The van der Waals surface area contributed by atoms with Crippen LogP contribution in [0.25, 0.3) is 0 Å². The smallest absolute Gasteiger partial charge is 0.223 e. The molecule has 0 bridgehead atoms. The van der Waals surface area contributed by atoms with E-state index in [4.69, 9.17) is 5.73 Å². The highest BCUT2D eigenvalue weighted by Crippen LogP contribution is 2.20. The lowest BCUT2D eigenvalue weighted by Gasteiger charge is -2.22. The maximum Gasteiger partial charge on any atom is 0.223 e. The molecule has 0 aromatic rings. The Labute approximate surface area is 138 Å². The van der Waals surface area contributed by atoms with Gasteiger partial charge in [-0.25, -0.2) is 0 Å². The van der Waals surface area contributed by atoms with E-state index in [-0.39, 0.29) is 31.1 Å². The third-order valence-corrected chi connectivity index (χ3v) is 3.75. The van der Waals surface area contributed by atoms with Crippen LogP contribution in [0.3, 0.4) is 0 Å². The second-order valence-corrected chi connectivity index (χ2v) is 7.04. The zero-order chi connectivity index (χ0) is 17.3. The van der Waals surface area contributed by atoms with Crippen molar-refractivity contribution >= 4 is 11.8 Å². The lowest BCUT2D eigenvalue weighted by molar-refractivity contribution is -0.127. The van der Waals surface area contributed by atoms with Gasteiger partial charge in [-0.2, -0.15) is 0 Å². The van der Waals surface area contributed by atoms with Gasteiger partial charge in [0.2, 0.25) is 11.8 Å². The number of nitrogens with two attached hydrogens (primary N) is 1. The zero-order valence-corrected chi connectivity index (χ0v) is 15.4. The molecular formula is C18H40N2O2. The molecule has 0 aliphatic heterocycles. The number of primary amides is 1. The van der Waals surface area contributed by atoms with Crippen molar-refractivity contribution in [3.63, 3.8) is 0 Å². The quantitative estimate of drug-likeness (QED) is 0.784. The molecule has 22 heavy (non-hydrogen) atoms. The summed E-state index contributed by atoms with van der Waals surface area (Å²) in [5, 5.41) is 2.69. The Morgan fingerprint density at radius 3 is 1.05 bits per heavy atom. The fourth-order valence-electron chi connectivity index (χ4n) is 2.97. The Hall–Kier alpha value is -1.06. The van der Waals surface area contributed by atoms with Crippen molar-refractivity contribution < 1.29 is 9.59 Å². The highest BCUT2D eigenvalue weighted by atomic mass is 16.2. The zero-order valence-electron chi connectivity index (χ0n) is 15.4. The largest absolute Gasteiger partial charge is 0.369 e. The molecule has 4 nitrogen and oxygen atoms in total. The van der Waals surface area contributed by atoms with Crippen LogP contribution in [0.4, 0.5) is 0 Å². The predicted molar refractivity (Wildman–Crippen MR) is 96.3 cm³/mol. The molecule has 0 atom stereocenters. The summed E-state index contributed by atoms with van der Waals surface area (Å²) in [5.74, 6) is 1.74. The van der Waals surface area contributed by atoms with Crippen LogP contribution >= 0.6 is 0 Å². The summed E-state index contributed by atoms with van der Waals surface area (Å²) < 4.78 is 0. The average molecular weight is 317 g/mol. The van der Waals surface area contributed by atoms with Crippen LogP contribution in [0.5, 0.6) is 0 Å². The predicted octanol–water partition coefficient (Wildman–Crippen LogP) is 3.70. The van der Waals surface area contributed by atoms with Gasteiger partial charge in [-0.1, -0.05) is 62.8 Å². The van der Waals surface area contributed by atoms with E-state index in [0.29, 0.717) is 23.7 Å². The highest BCUT2D eigenvalue weighted by molar-refractivity contribution is 5.78. The number of carbonyl (C=O) groups is 2. The molecule has 0 aliphatic carbocycles.